The molecule has 0 aliphatic heterocycles. The van der Waals surface area contributed by atoms with Crippen molar-refractivity contribution in [2.24, 2.45) is 0 Å². The number of benzene rings is 3. The number of rotatable bonds is 5. The van der Waals surface area contributed by atoms with E-state index in [4.69, 9.17) is 0 Å². The van der Waals surface area contributed by atoms with E-state index >= 15 is 0 Å². The summed E-state index contributed by atoms with van der Waals surface area (Å²) < 4.78 is 0. The summed E-state index contributed by atoms with van der Waals surface area (Å²) in [7, 11) is -1.75. The molecule has 0 saturated carbocycles. The van der Waals surface area contributed by atoms with Crippen LogP contribution in [0.4, 0.5) is 0 Å². The van der Waals surface area contributed by atoms with Crippen LogP contribution in [0.15, 0.2) is 114 Å². The summed E-state index contributed by atoms with van der Waals surface area (Å²) in [5.41, 5.74) is 5.19. The van der Waals surface area contributed by atoms with Crippen molar-refractivity contribution in [3.63, 3.8) is 0 Å². The minimum Gasteiger partial charge on any atom is -0.0811 e. The summed E-state index contributed by atoms with van der Waals surface area (Å²) >= 11 is 0. The molecule has 0 radical (unpaired) electrons. The second-order valence-corrected chi connectivity index (χ2v) is 15.5. The van der Waals surface area contributed by atoms with Crippen molar-refractivity contribution >= 4 is 8.07 Å². The molecular formula is C30H34Si. The predicted octanol–water partition coefficient (Wildman–Crippen LogP) is 8.33. The van der Waals surface area contributed by atoms with Crippen LogP contribution < -0.4 is 0 Å². The highest BCUT2D eigenvalue weighted by molar-refractivity contribution is 6.87. The first-order chi connectivity index (χ1) is 14.8. The fraction of sp³-hybridized carbons (Fsp3) is 0.267. The molecule has 0 N–H and O–H groups in total. The van der Waals surface area contributed by atoms with Gasteiger partial charge in [-0.05, 0) is 33.7 Å². The summed E-state index contributed by atoms with van der Waals surface area (Å²) in [4.78, 5) is 0. The van der Waals surface area contributed by atoms with E-state index in [1.165, 1.54) is 22.3 Å². The molecule has 0 amide bonds. The molecule has 158 valence electrons. The van der Waals surface area contributed by atoms with Crippen LogP contribution in [0.3, 0.4) is 0 Å². The van der Waals surface area contributed by atoms with Gasteiger partial charge in [0.25, 0.3) is 0 Å². The molecule has 0 aromatic heterocycles. The Bertz CT molecular complexity index is 985. The van der Waals surface area contributed by atoms with Crippen molar-refractivity contribution in [3.8, 4) is 0 Å². The lowest BCUT2D eigenvalue weighted by Gasteiger charge is -2.45. The van der Waals surface area contributed by atoms with Gasteiger partial charge in [-0.25, -0.2) is 0 Å². The second-order valence-electron chi connectivity index (χ2n) is 10.2. The minimum atomic E-state index is -1.75. The summed E-state index contributed by atoms with van der Waals surface area (Å²) in [5, 5.41) is 1.88. The number of hydrogen-bond donors (Lipinski definition) is 0. The van der Waals surface area contributed by atoms with Gasteiger partial charge in [0.15, 0.2) is 0 Å². The summed E-state index contributed by atoms with van der Waals surface area (Å²) in [6.45, 7) is 12.4. The molecular weight excluding hydrogens is 388 g/mol. The smallest absolute Gasteiger partial charge is 0.0811 e. The van der Waals surface area contributed by atoms with E-state index in [1.54, 1.807) is 5.20 Å². The van der Waals surface area contributed by atoms with Gasteiger partial charge in [0.05, 0.1) is 13.5 Å². The zero-order valence-corrected chi connectivity index (χ0v) is 20.5. The molecule has 0 spiro atoms. The Morgan fingerprint density at radius 1 is 0.581 bits per heavy atom. The van der Waals surface area contributed by atoms with Crippen molar-refractivity contribution in [1.29, 1.82) is 0 Å². The number of allylic oxidation sites excluding steroid dienone is 4. The van der Waals surface area contributed by atoms with E-state index in [1.807, 2.05) is 0 Å². The molecule has 0 nitrogen and oxygen atoms in total. The van der Waals surface area contributed by atoms with Gasteiger partial charge in [-0.2, -0.15) is 0 Å². The van der Waals surface area contributed by atoms with Gasteiger partial charge in [0, 0.05) is 0 Å². The standard InChI is InChI=1S/C30H34Si/c1-29(2,3)31(4,5)28-23-15-22-27(28)30(24-16-9-6-10-17-24,25-18-11-7-12-19-25)26-20-13-8-14-21-26/h6-14,16-23H,15H2,1-5H3. The van der Waals surface area contributed by atoms with Crippen molar-refractivity contribution in [1.82, 2.24) is 0 Å². The van der Waals surface area contributed by atoms with Gasteiger partial charge in [0.2, 0.25) is 0 Å². The maximum absolute atomic E-state index is 2.55. The topological polar surface area (TPSA) is 0 Å². The minimum absolute atomic E-state index is 0.276. The van der Waals surface area contributed by atoms with E-state index in [2.05, 4.69) is 137 Å². The fourth-order valence-electron chi connectivity index (χ4n) is 4.90. The van der Waals surface area contributed by atoms with Gasteiger partial charge in [-0.3, -0.25) is 0 Å². The Morgan fingerprint density at radius 3 is 1.32 bits per heavy atom. The summed E-state index contributed by atoms with van der Waals surface area (Å²) in [6, 6.07) is 33.3. The zero-order chi connectivity index (χ0) is 22.1. The lowest BCUT2D eigenvalue weighted by Crippen LogP contribution is -2.44. The SMILES string of the molecule is CC(C)(C)[Si](C)(C)C1=CCC=C1C(c1ccccc1)(c1ccccc1)c1ccccc1. The Hall–Kier alpha value is -2.64. The van der Waals surface area contributed by atoms with Crippen molar-refractivity contribution < 1.29 is 0 Å². The third kappa shape index (κ3) is 3.55. The van der Waals surface area contributed by atoms with Gasteiger partial charge < -0.3 is 0 Å². The largest absolute Gasteiger partial charge is 0.0859 e. The predicted molar refractivity (Wildman–Crippen MR) is 137 cm³/mol. The highest BCUT2D eigenvalue weighted by atomic mass is 28.3. The van der Waals surface area contributed by atoms with Crippen LogP contribution in [0.5, 0.6) is 0 Å². The maximum Gasteiger partial charge on any atom is 0.0859 e. The van der Waals surface area contributed by atoms with E-state index < -0.39 is 8.07 Å². The van der Waals surface area contributed by atoms with E-state index in [9.17, 15) is 0 Å². The Kier molecular flexibility index (Phi) is 5.66. The lowest BCUT2D eigenvalue weighted by atomic mass is 9.65. The molecule has 1 heteroatoms. The lowest BCUT2D eigenvalue weighted by molar-refractivity contribution is 0.710. The normalized spacial score (nSPS) is 14.9. The van der Waals surface area contributed by atoms with Crippen LogP contribution in [0.25, 0.3) is 0 Å². The van der Waals surface area contributed by atoms with Crippen molar-refractivity contribution in [2.45, 2.75) is 50.7 Å². The van der Waals surface area contributed by atoms with E-state index in [0.717, 1.165) is 6.42 Å². The van der Waals surface area contributed by atoms with Gasteiger partial charge in [-0.1, -0.05) is 142 Å². The van der Waals surface area contributed by atoms with E-state index in [-0.39, 0.29) is 10.5 Å². The number of hydrogen-bond acceptors (Lipinski definition) is 0. The first-order valence-electron chi connectivity index (χ1n) is 11.4. The van der Waals surface area contributed by atoms with Crippen LogP contribution in [0.1, 0.15) is 43.9 Å². The second kappa shape index (κ2) is 8.13. The molecule has 4 rings (SSSR count). The molecule has 0 bridgehead atoms. The summed E-state index contributed by atoms with van der Waals surface area (Å²) in [5.74, 6) is 0. The summed E-state index contributed by atoms with van der Waals surface area (Å²) in [6.07, 6.45) is 6.05. The van der Waals surface area contributed by atoms with Crippen molar-refractivity contribution in [3.05, 3.63) is 131 Å². The maximum atomic E-state index is 2.55. The Balaban J connectivity index is 2.08. The third-order valence-corrected chi connectivity index (χ3v) is 13.1. The van der Waals surface area contributed by atoms with Crippen LogP contribution >= 0.6 is 0 Å². The van der Waals surface area contributed by atoms with Crippen molar-refractivity contribution in [2.75, 3.05) is 0 Å². The fourth-order valence-corrected chi connectivity index (χ4v) is 7.30. The van der Waals surface area contributed by atoms with Gasteiger partial charge in [-0.15, -0.1) is 0 Å². The highest BCUT2D eigenvalue weighted by Gasteiger charge is 2.48. The van der Waals surface area contributed by atoms with Crippen LogP contribution in [-0.4, -0.2) is 8.07 Å². The Morgan fingerprint density at radius 2 is 0.968 bits per heavy atom. The Labute approximate surface area is 189 Å². The molecule has 0 heterocycles. The van der Waals surface area contributed by atoms with Gasteiger partial charge >= 0.3 is 0 Å². The van der Waals surface area contributed by atoms with Crippen LogP contribution in [-0.2, 0) is 5.41 Å². The molecule has 1 aliphatic rings. The first kappa shape index (κ1) is 21.6. The average molecular weight is 423 g/mol. The van der Waals surface area contributed by atoms with Gasteiger partial charge in [0.1, 0.15) is 0 Å². The molecule has 0 fully saturated rings. The van der Waals surface area contributed by atoms with Crippen LogP contribution in [0, 0.1) is 0 Å². The van der Waals surface area contributed by atoms with E-state index in [0.29, 0.717) is 0 Å². The molecule has 0 saturated heterocycles. The average Bonchev–Trinajstić information content (AvgIpc) is 3.27. The van der Waals surface area contributed by atoms with Crippen LogP contribution in [0.2, 0.25) is 18.1 Å². The molecule has 3 aromatic rings. The molecule has 1 aliphatic carbocycles. The monoisotopic (exact) mass is 422 g/mol. The molecule has 0 unspecified atom stereocenters. The quantitative estimate of drug-likeness (QED) is 0.286. The molecule has 0 atom stereocenters. The first-order valence-corrected chi connectivity index (χ1v) is 14.4. The molecule has 31 heavy (non-hydrogen) atoms. The molecule has 3 aromatic carbocycles. The highest BCUT2D eigenvalue weighted by Crippen LogP contribution is 2.54. The third-order valence-electron chi connectivity index (χ3n) is 7.51. The zero-order valence-electron chi connectivity index (χ0n) is 19.5.